The predicted octanol–water partition coefficient (Wildman–Crippen LogP) is 2.38. The molecule has 98 valence electrons. The third-order valence-corrected chi connectivity index (χ3v) is 4.28. The van der Waals surface area contributed by atoms with Crippen LogP contribution in [-0.4, -0.2) is 31.2 Å². The van der Waals surface area contributed by atoms with Crippen molar-refractivity contribution in [3.8, 4) is 0 Å². The highest BCUT2D eigenvalue weighted by Gasteiger charge is 2.51. The van der Waals surface area contributed by atoms with Crippen LogP contribution in [0.25, 0.3) is 0 Å². The molecule has 0 amide bonds. The van der Waals surface area contributed by atoms with Gasteiger partial charge in [-0.3, -0.25) is 0 Å². The van der Waals surface area contributed by atoms with Crippen molar-refractivity contribution in [1.82, 2.24) is 0 Å². The molecule has 5 heteroatoms. The molecule has 1 aliphatic heterocycles. The molecule has 1 rings (SSSR count). The summed E-state index contributed by atoms with van der Waals surface area (Å²) in [6.07, 6.45) is 0. The Balaban J connectivity index is 2.52. The van der Waals surface area contributed by atoms with E-state index in [1.165, 1.54) is 0 Å². The summed E-state index contributed by atoms with van der Waals surface area (Å²) in [5, 5.41) is 0. The van der Waals surface area contributed by atoms with Crippen molar-refractivity contribution in [1.29, 1.82) is 0 Å². The number of hydrogen-bond acceptors (Lipinski definition) is 3. The van der Waals surface area contributed by atoms with Gasteiger partial charge in [0.05, 0.1) is 11.2 Å². The van der Waals surface area contributed by atoms with Crippen molar-refractivity contribution >= 4 is 14.4 Å². The summed E-state index contributed by atoms with van der Waals surface area (Å²) in [4.78, 5) is 0. The van der Waals surface area contributed by atoms with Crippen LogP contribution in [0, 0.1) is 5.92 Å². The number of rotatable bonds is 4. The van der Waals surface area contributed by atoms with Gasteiger partial charge in [0.15, 0.2) is 0 Å². The zero-order valence-electron chi connectivity index (χ0n) is 12.6. The minimum atomic E-state index is -0.275. The summed E-state index contributed by atoms with van der Waals surface area (Å²) < 4.78 is 17.7. The van der Waals surface area contributed by atoms with Gasteiger partial charge in [-0.05, 0) is 47.5 Å². The van der Waals surface area contributed by atoms with Crippen LogP contribution in [0.3, 0.4) is 0 Å². The molecule has 1 aliphatic rings. The zero-order valence-corrected chi connectivity index (χ0v) is 12.6. The van der Waals surface area contributed by atoms with Crippen molar-refractivity contribution in [3.05, 3.63) is 0 Å². The first-order chi connectivity index (χ1) is 7.48. The molecule has 0 aromatic carbocycles. The molecule has 17 heavy (non-hydrogen) atoms. The molecule has 0 N–H and O–H groups in total. The quantitative estimate of drug-likeness (QED) is 0.706. The van der Waals surface area contributed by atoms with E-state index in [4.69, 9.17) is 14.0 Å². The van der Waals surface area contributed by atoms with Gasteiger partial charge in [-0.2, -0.15) is 0 Å². The number of hydrogen-bond donors (Lipinski definition) is 0. The van der Waals surface area contributed by atoms with Crippen molar-refractivity contribution in [2.75, 3.05) is 0 Å². The Hall–Kier alpha value is 0.00987. The van der Waals surface area contributed by atoms with Gasteiger partial charge in [-0.1, -0.05) is 13.8 Å². The Morgan fingerprint density at radius 1 is 1.06 bits per heavy atom. The molecule has 1 saturated heterocycles. The molecule has 0 bridgehead atoms. The third kappa shape index (κ3) is 3.27. The first-order valence-corrected chi connectivity index (χ1v) is 6.47. The van der Waals surface area contributed by atoms with Crippen molar-refractivity contribution < 1.29 is 14.0 Å². The lowest BCUT2D eigenvalue weighted by Gasteiger charge is -2.32. The molecule has 0 aromatic rings. The average molecular weight is 240 g/mol. The summed E-state index contributed by atoms with van der Waals surface area (Å²) >= 11 is 0. The van der Waals surface area contributed by atoms with Gasteiger partial charge in [-0.15, -0.1) is 0 Å². The molecule has 3 nitrogen and oxygen atoms in total. The molecule has 0 aromatic heterocycles. The van der Waals surface area contributed by atoms with Crippen molar-refractivity contribution in [2.24, 2.45) is 5.92 Å². The fourth-order valence-corrected chi connectivity index (χ4v) is 1.48. The molecule has 0 spiro atoms. The first-order valence-electron chi connectivity index (χ1n) is 6.47. The first kappa shape index (κ1) is 15.1. The maximum Gasteiger partial charge on any atom is 0.441 e. The van der Waals surface area contributed by atoms with E-state index in [-0.39, 0.29) is 23.8 Å². The second-order valence-electron chi connectivity index (χ2n) is 6.76. The summed E-state index contributed by atoms with van der Waals surface area (Å²) in [5.41, 5.74) is -0.699. The van der Waals surface area contributed by atoms with E-state index >= 15 is 0 Å². The van der Waals surface area contributed by atoms with E-state index < -0.39 is 0 Å². The van der Waals surface area contributed by atoms with Crippen LogP contribution in [0.2, 0.25) is 0 Å². The van der Waals surface area contributed by atoms with E-state index in [1.807, 2.05) is 0 Å². The van der Waals surface area contributed by atoms with Gasteiger partial charge in [0, 0.05) is 5.60 Å². The fourth-order valence-electron chi connectivity index (χ4n) is 1.48. The monoisotopic (exact) mass is 240 g/mol. The Morgan fingerprint density at radius 3 is 1.82 bits per heavy atom. The maximum absolute atomic E-state index is 5.91. The van der Waals surface area contributed by atoms with Crippen LogP contribution < -0.4 is 0 Å². The summed E-state index contributed by atoms with van der Waals surface area (Å²) in [6.45, 7) is 16.7. The smallest absolute Gasteiger partial charge is 0.436 e. The molecule has 0 aliphatic carbocycles. The van der Waals surface area contributed by atoms with Gasteiger partial charge in [0.25, 0.3) is 0 Å². The highest BCUT2D eigenvalue weighted by atomic mass is 16.7. The van der Waals surface area contributed by atoms with Crippen molar-refractivity contribution in [3.63, 3.8) is 0 Å². The molecular formula is C12H26B2O3. The van der Waals surface area contributed by atoms with Crippen LogP contribution in [0.5, 0.6) is 0 Å². The highest BCUT2D eigenvalue weighted by molar-refractivity contribution is 7.03. The second-order valence-corrected chi connectivity index (χ2v) is 6.76. The topological polar surface area (TPSA) is 27.7 Å². The van der Waals surface area contributed by atoms with Gasteiger partial charge < -0.3 is 14.0 Å². The molecule has 0 saturated carbocycles. The predicted molar refractivity (Wildman–Crippen MR) is 73.2 cm³/mol. The molecular weight excluding hydrogens is 214 g/mol. The molecule has 1 fully saturated rings. The largest absolute Gasteiger partial charge is 0.441 e. The normalized spacial score (nSPS) is 23.2. The summed E-state index contributed by atoms with van der Waals surface area (Å²) in [7, 11) is 0.218. The molecule has 0 unspecified atom stereocenters. The lowest BCUT2D eigenvalue weighted by Crippen LogP contribution is -2.41. The minimum absolute atomic E-state index is 0.149. The van der Waals surface area contributed by atoms with Gasteiger partial charge in [0.1, 0.15) is 0 Å². The van der Waals surface area contributed by atoms with E-state index in [0.717, 1.165) is 0 Å². The Bertz CT molecular complexity index is 259. The summed E-state index contributed by atoms with van der Waals surface area (Å²) in [6, 6.07) is 0. The van der Waals surface area contributed by atoms with Crippen LogP contribution in [0.15, 0.2) is 0 Å². The third-order valence-electron chi connectivity index (χ3n) is 4.28. The van der Waals surface area contributed by atoms with Crippen LogP contribution in [0.1, 0.15) is 55.4 Å². The fraction of sp³-hybridized carbons (Fsp3) is 1.00. The van der Waals surface area contributed by atoms with Gasteiger partial charge in [-0.25, -0.2) is 0 Å². The van der Waals surface area contributed by atoms with E-state index in [2.05, 4.69) is 55.4 Å². The van der Waals surface area contributed by atoms with Gasteiger partial charge >= 0.3 is 14.4 Å². The van der Waals surface area contributed by atoms with E-state index in [9.17, 15) is 0 Å². The van der Waals surface area contributed by atoms with E-state index in [0.29, 0.717) is 13.3 Å². The minimum Gasteiger partial charge on any atom is -0.436 e. The van der Waals surface area contributed by atoms with Crippen molar-refractivity contribution in [2.45, 2.75) is 72.2 Å². The van der Waals surface area contributed by atoms with Gasteiger partial charge in [0.2, 0.25) is 0 Å². The van der Waals surface area contributed by atoms with Crippen LogP contribution in [-0.2, 0) is 14.0 Å². The standard InChI is InChI=1S/C12H26B2O3/c1-9(2)10(3,4)15-13-14-16-11(5,6)12(7,8)17-14/h9,13H,1-8H3. The Morgan fingerprint density at radius 2 is 1.47 bits per heavy atom. The average Bonchev–Trinajstić information content (AvgIpc) is 2.32. The SMILES string of the molecule is CC(C)C(C)(C)OBB1OC(C)(C)C(C)(C)O1. The van der Waals surface area contributed by atoms with Crippen LogP contribution in [0.4, 0.5) is 0 Å². The maximum atomic E-state index is 5.91. The zero-order chi connectivity index (χ0) is 13.5. The van der Waals surface area contributed by atoms with Crippen LogP contribution >= 0.6 is 0 Å². The molecule has 0 atom stereocenters. The Labute approximate surface area is 107 Å². The van der Waals surface area contributed by atoms with E-state index in [1.54, 1.807) is 0 Å². The summed E-state index contributed by atoms with van der Waals surface area (Å²) in [5.74, 6) is 0.463. The Kier molecular flexibility index (Phi) is 4.08. The lowest BCUT2D eigenvalue weighted by molar-refractivity contribution is 0.00578. The molecule has 1 heterocycles. The second kappa shape index (κ2) is 4.60. The molecule has 0 radical (unpaired) electrons. The lowest BCUT2D eigenvalue weighted by atomic mass is 9.55. The highest BCUT2D eigenvalue weighted by Crippen LogP contribution is 2.36.